The van der Waals surface area contributed by atoms with E-state index in [1.54, 1.807) is 11.0 Å². The van der Waals surface area contributed by atoms with Gasteiger partial charge in [-0.2, -0.15) is 0 Å². The van der Waals surface area contributed by atoms with Gasteiger partial charge in [0.2, 0.25) is 5.91 Å². The number of nitrogens with one attached hydrogen (secondary N) is 1. The third kappa shape index (κ3) is 4.26. The van der Waals surface area contributed by atoms with Gasteiger partial charge in [0.1, 0.15) is 6.26 Å². The second kappa shape index (κ2) is 8.38. The lowest BCUT2D eigenvalue weighted by molar-refractivity contribution is -0.126. The van der Waals surface area contributed by atoms with Gasteiger partial charge in [0.25, 0.3) is 5.91 Å². The Morgan fingerprint density at radius 3 is 2.58 bits per heavy atom. The fourth-order valence-corrected chi connectivity index (χ4v) is 3.22. The van der Waals surface area contributed by atoms with Crippen LogP contribution in [0.2, 0.25) is 5.02 Å². The van der Waals surface area contributed by atoms with Crippen molar-refractivity contribution in [3.63, 3.8) is 0 Å². The molecule has 0 bridgehead atoms. The first-order chi connectivity index (χ1) is 12.6. The van der Waals surface area contributed by atoms with Gasteiger partial charge in [-0.25, -0.2) is 0 Å². The number of rotatable bonds is 5. The van der Waals surface area contributed by atoms with E-state index in [0.29, 0.717) is 43.3 Å². The molecule has 0 spiro atoms. The summed E-state index contributed by atoms with van der Waals surface area (Å²) in [5.41, 5.74) is 1.45. The van der Waals surface area contributed by atoms with E-state index in [2.05, 4.69) is 10.2 Å². The molecule has 1 aliphatic heterocycles. The van der Waals surface area contributed by atoms with Gasteiger partial charge < -0.3 is 14.6 Å². The van der Waals surface area contributed by atoms with Gasteiger partial charge in [-0.1, -0.05) is 29.8 Å². The number of amides is 2. The summed E-state index contributed by atoms with van der Waals surface area (Å²) in [6.45, 7) is 4.78. The number of furan rings is 1. The standard InChI is InChI=1S/C19H22ClN3O3/c1-14(18(24)21-12-15-4-2-3-5-17(15)20)22-7-9-23(10-8-22)19(25)16-6-11-26-13-16/h2-6,11,13-14H,7-10,12H2,1H3,(H,21,24). The van der Waals surface area contributed by atoms with Gasteiger partial charge in [-0.05, 0) is 24.6 Å². The van der Waals surface area contributed by atoms with Crippen LogP contribution in [0.5, 0.6) is 0 Å². The second-order valence-corrected chi connectivity index (χ2v) is 6.73. The number of hydrogen-bond donors (Lipinski definition) is 1. The number of hydrogen-bond acceptors (Lipinski definition) is 4. The molecule has 1 unspecified atom stereocenters. The summed E-state index contributed by atoms with van der Waals surface area (Å²) < 4.78 is 4.97. The van der Waals surface area contributed by atoms with E-state index in [9.17, 15) is 9.59 Å². The van der Waals surface area contributed by atoms with Crippen molar-refractivity contribution in [2.75, 3.05) is 26.2 Å². The highest BCUT2D eigenvalue weighted by molar-refractivity contribution is 6.31. The molecule has 138 valence electrons. The predicted octanol–water partition coefficient (Wildman–Crippen LogP) is 2.40. The minimum atomic E-state index is -0.260. The molecule has 1 saturated heterocycles. The SMILES string of the molecule is CC(C(=O)NCc1ccccc1Cl)N1CCN(C(=O)c2ccoc2)CC1. The molecule has 2 heterocycles. The van der Waals surface area contributed by atoms with E-state index >= 15 is 0 Å². The fraction of sp³-hybridized carbons (Fsp3) is 0.368. The lowest BCUT2D eigenvalue weighted by Gasteiger charge is -2.37. The van der Waals surface area contributed by atoms with Crippen molar-refractivity contribution in [3.8, 4) is 0 Å². The van der Waals surface area contributed by atoms with Crippen molar-refractivity contribution in [3.05, 3.63) is 59.0 Å². The summed E-state index contributed by atoms with van der Waals surface area (Å²) in [5, 5.41) is 3.58. The van der Waals surface area contributed by atoms with E-state index in [0.717, 1.165) is 5.56 Å². The molecule has 2 aromatic rings. The van der Waals surface area contributed by atoms with Gasteiger partial charge in [-0.3, -0.25) is 14.5 Å². The van der Waals surface area contributed by atoms with Crippen LogP contribution in [-0.2, 0) is 11.3 Å². The quantitative estimate of drug-likeness (QED) is 0.871. The molecule has 0 radical (unpaired) electrons. The van der Waals surface area contributed by atoms with Crippen molar-refractivity contribution < 1.29 is 14.0 Å². The van der Waals surface area contributed by atoms with E-state index in [4.69, 9.17) is 16.0 Å². The van der Waals surface area contributed by atoms with Gasteiger partial charge in [0.15, 0.2) is 0 Å². The van der Waals surface area contributed by atoms with Crippen molar-refractivity contribution in [2.24, 2.45) is 0 Å². The minimum absolute atomic E-state index is 0.0331. The number of carbonyl (C=O) groups excluding carboxylic acids is 2. The van der Waals surface area contributed by atoms with E-state index in [-0.39, 0.29) is 17.9 Å². The van der Waals surface area contributed by atoms with Gasteiger partial charge in [0, 0.05) is 37.7 Å². The maximum absolute atomic E-state index is 12.4. The van der Waals surface area contributed by atoms with Crippen molar-refractivity contribution in [1.82, 2.24) is 15.1 Å². The number of halogens is 1. The molecule has 0 saturated carbocycles. The van der Waals surface area contributed by atoms with Crippen LogP contribution in [0.3, 0.4) is 0 Å². The molecule has 3 rings (SSSR count). The molecular weight excluding hydrogens is 354 g/mol. The van der Waals surface area contributed by atoms with E-state index in [1.807, 2.05) is 31.2 Å². The first-order valence-electron chi connectivity index (χ1n) is 8.63. The Balaban J connectivity index is 1.48. The van der Waals surface area contributed by atoms with Crippen LogP contribution in [0.1, 0.15) is 22.8 Å². The third-order valence-corrected chi connectivity index (χ3v) is 5.08. The molecular formula is C19H22ClN3O3. The number of benzene rings is 1. The summed E-state index contributed by atoms with van der Waals surface area (Å²) in [5.74, 6) is -0.0752. The van der Waals surface area contributed by atoms with Crippen molar-refractivity contribution in [2.45, 2.75) is 19.5 Å². The first kappa shape index (κ1) is 18.5. The van der Waals surface area contributed by atoms with Crippen LogP contribution in [0, 0.1) is 0 Å². The number of carbonyl (C=O) groups is 2. The Hall–Kier alpha value is -2.31. The average molecular weight is 376 g/mol. The van der Waals surface area contributed by atoms with Crippen LogP contribution in [0.4, 0.5) is 0 Å². The molecule has 1 aromatic carbocycles. The number of nitrogens with zero attached hydrogens (tertiary/aromatic N) is 2. The van der Waals surface area contributed by atoms with Crippen LogP contribution in [-0.4, -0.2) is 53.8 Å². The first-order valence-corrected chi connectivity index (χ1v) is 9.00. The fourth-order valence-electron chi connectivity index (χ4n) is 3.02. The summed E-state index contributed by atoms with van der Waals surface area (Å²) in [4.78, 5) is 28.6. The summed E-state index contributed by atoms with van der Waals surface area (Å²) in [6, 6.07) is 8.87. The lowest BCUT2D eigenvalue weighted by atomic mass is 10.2. The predicted molar refractivity (Wildman–Crippen MR) is 98.9 cm³/mol. The van der Waals surface area contributed by atoms with E-state index < -0.39 is 0 Å². The maximum Gasteiger partial charge on any atom is 0.257 e. The molecule has 1 aromatic heterocycles. The molecule has 0 aliphatic carbocycles. The molecule has 6 nitrogen and oxygen atoms in total. The number of piperazine rings is 1. The Bertz CT molecular complexity index is 755. The monoisotopic (exact) mass is 375 g/mol. The molecule has 1 aliphatic rings. The Kier molecular flexibility index (Phi) is 5.96. The van der Waals surface area contributed by atoms with Crippen LogP contribution in [0.25, 0.3) is 0 Å². The Morgan fingerprint density at radius 1 is 1.19 bits per heavy atom. The molecule has 26 heavy (non-hydrogen) atoms. The highest BCUT2D eigenvalue weighted by Crippen LogP contribution is 2.15. The molecule has 7 heteroatoms. The molecule has 2 amide bonds. The zero-order valence-electron chi connectivity index (χ0n) is 14.7. The van der Waals surface area contributed by atoms with Gasteiger partial charge in [-0.15, -0.1) is 0 Å². The topological polar surface area (TPSA) is 65.8 Å². The van der Waals surface area contributed by atoms with E-state index in [1.165, 1.54) is 12.5 Å². The summed E-state index contributed by atoms with van der Waals surface area (Å²) >= 11 is 6.12. The molecule has 1 N–H and O–H groups in total. The summed E-state index contributed by atoms with van der Waals surface area (Å²) in [7, 11) is 0. The highest BCUT2D eigenvalue weighted by atomic mass is 35.5. The largest absolute Gasteiger partial charge is 0.472 e. The van der Waals surface area contributed by atoms with Crippen LogP contribution in [0.15, 0.2) is 47.3 Å². The van der Waals surface area contributed by atoms with Gasteiger partial charge >= 0.3 is 0 Å². The third-order valence-electron chi connectivity index (χ3n) is 4.71. The zero-order valence-corrected chi connectivity index (χ0v) is 15.4. The average Bonchev–Trinajstić information content (AvgIpc) is 3.21. The molecule has 1 fully saturated rings. The second-order valence-electron chi connectivity index (χ2n) is 6.33. The van der Waals surface area contributed by atoms with Crippen LogP contribution < -0.4 is 5.32 Å². The zero-order chi connectivity index (χ0) is 18.5. The van der Waals surface area contributed by atoms with Gasteiger partial charge in [0.05, 0.1) is 17.9 Å². The smallest absolute Gasteiger partial charge is 0.257 e. The Morgan fingerprint density at radius 2 is 1.92 bits per heavy atom. The minimum Gasteiger partial charge on any atom is -0.472 e. The summed E-state index contributed by atoms with van der Waals surface area (Å²) in [6.07, 6.45) is 2.95. The van der Waals surface area contributed by atoms with Crippen molar-refractivity contribution in [1.29, 1.82) is 0 Å². The highest BCUT2D eigenvalue weighted by Gasteiger charge is 2.28. The maximum atomic E-state index is 12.4. The normalized spacial score (nSPS) is 16.3. The lowest BCUT2D eigenvalue weighted by Crippen LogP contribution is -2.54. The van der Waals surface area contributed by atoms with Crippen LogP contribution >= 0.6 is 11.6 Å². The molecule has 1 atom stereocenters. The Labute approximate surface area is 157 Å². The van der Waals surface area contributed by atoms with Crippen molar-refractivity contribution >= 4 is 23.4 Å².